The van der Waals surface area contributed by atoms with Gasteiger partial charge in [0.05, 0.1) is 30.3 Å². The summed E-state index contributed by atoms with van der Waals surface area (Å²) >= 11 is 0. The number of piperidine rings is 2. The number of H-pyrrole nitrogens is 1. The number of aromatic amines is 1. The predicted octanol–water partition coefficient (Wildman–Crippen LogP) is 6.50. The molecule has 4 aromatic rings. The minimum Gasteiger partial charge on any atom is -0.357 e. The molecular formula is C47H47F3N6O5. The van der Waals surface area contributed by atoms with Gasteiger partial charge in [-0.15, -0.1) is 0 Å². The van der Waals surface area contributed by atoms with Crippen LogP contribution in [0.2, 0.25) is 0 Å². The van der Waals surface area contributed by atoms with E-state index in [2.05, 4.69) is 16.4 Å². The first kappa shape index (κ1) is 39.5. The molecule has 61 heavy (non-hydrogen) atoms. The topological polar surface area (TPSA) is 126 Å². The highest BCUT2D eigenvalue weighted by Crippen LogP contribution is 2.47. The first-order valence-electron chi connectivity index (χ1n) is 21.4. The summed E-state index contributed by atoms with van der Waals surface area (Å²) in [5, 5.41) is 3.26. The monoisotopic (exact) mass is 832 g/mol. The van der Waals surface area contributed by atoms with Crippen molar-refractivity contribution in [1.82, 2.24) is 29.9 Å². The molecule has 3 aromatic carbocycles. The number of hydrogen-bond donors (Lipinski definition) is 2. The third-order valence-electron chi connectivity index (χ3n) is 14.3. The van der Waals surface area contributed by atoms with E-state index < -0.39 is 54.5 Å². The van der Waals surface area contributed by atoms with Crippen LogP contribution in [0.3, 0.4) is 0 Å². The molecule has 0 radical (unpaired) electrons. The molecule has 1 aromatic heterocycles. The van der Waals surface area contributed by atoms with Gasteiger partial charge in [0.25, 0.3) is 18.2 Å². The molecule has 10 rings (SSSR count). The summed E-state index contributed by atoms with van der Waals surface area (Å²) in [6.07, 6.45) is 4.69. The van der Waals surface area contributed by atoms with Crippen LogP contribution < -0.4 is 5.32 Å². The zero-order chi connectivity index (χ0) is 42.3. The van der Waals surface area contributed by atoms with E-state index in [0.717, 1.165) is 81.4 Å². The molecule has 316 valence electrons. The molecule has 5 aliphatic heterocycles. The van der Waals surface area contributed by atoms with Crippen molar-refractivity contribution in [2.45, 2.75) is 95.9 Å². The van der Waals surface area contributed by atoms with Crippen LogP contribution in [0.1, 0.15) is 112 Å². The molecule has 6 aliphatic rings. The lowest BCUT2D eigenvalue weighted by Crippen LogP contribution is -2.54. The average Bonchev–Trinajstić information content (AvgIpc) is 3.88. The molecule has 14 heteroatoms. The van der Waals surface area contributed by atoms with Crippen LogP contribution in [0.5, 0.6) is 0 Å². The van der Waals surface area contributed by atoms with Gasteiger partial charge < -0.3 is 9.88 Å². The molecule has 1 spiro atoms. The molecule has 11 nitrogen and oxygen atoms in total. The van der Waals surface area contributed by atoms with Crippen LogP contribution in [-0.2, 0) is 33.9 Å². The Balaban J connectivity index is 0.765. The van der Waals surface area contributed by atoms with Crippen LogP contribution in [0.15, 0.2) is 60.7 Å². The number of amides is 5. The molecule has 5 amide bonds. The third-order valence-corrected chi connectivity index (χ3v) is 14.3. The smallest absolute Gasteiger partial charge is 0.262 e. The predicted molar refractivity (Wildman–Crippen MR) is 220 cm³/mol. The van der Waals surface area contributed by atoms with E-state index in [1.54, 1.807) is 29.2 Å². The Morgan fingerprint density at radius 3 is 2.30 bits per heavy atom. The van der Waals surface area contributed by atoms with Crippen molar-refractivity contribution in [2.24, 2.45) is 5.41 Å². The molecule has 1 aliphatic carbocycles. The fourth-order valence-electron chi connectivity index (χ4n) is 11.0. The number of allylic oxidation sites excluding steroid dienone is 2. The van der Waals surface area contributed by atoms with E-state index in [-0.39, 0.29) is 47.9 Å². The van der Waals surface area contributed by atoms with Gasteiger partial charge in [0.2, 0.25) is 17.7 Å². The lowest BCUT2D eigenvalue weighted by Gasteiger charge is -2.44. The first-order chi connectivity index (χ1) is 29.4. The normalized spacial score (nSPS) is 24.1. The van der Waals surface area contributed by atoms with Crippen molar-refractivity contribution in [1.29, 1.82) is 0 Å². The lowest BCUT2D eigenvalue weighted by molar-refractivity contribution is -0.136. The Labute approximate surface area is 350 Å². The molecule has 0 bridgehead atoms. The Hall–Kier alpha value is -5.60. The van der Waals surface area contributed by atoms with E-state index in [4.69, 9.17) is 0 Å². The SMILES string of the molecule is C[C@@H]1Cc2c([nH]c3ccccc23)[C@@H](c2ccc(C3=CCC4(CC3)CCN(C(=O)CN3Cc5cc6c(cc5C3)C(=O)N(C3CCC(=O)NC3=O)C6=O)CC4)cc2F)N1CC(F)F. The molecule has 3 atom stereocenters. The molecular weight excluding hydrogens is 786 g/mol. The van der Waals surface area contributed by atoms with Gasteiger partial charge in [-0.1, -0.05) is 36.4 Å². The number of carbonyl (C=O) groups is 5. The van der Waals surface area contributed by atoms with Gasteiger partial charge in [-0.05, 0) is 109 Å². The number of likely N-dealkylation sites (tertiary alicyclic amines) is 1. The quantitative estimate of drug-likeness (QED) is 0.204. The Bertz CT molecular complexity index is 2510. The maximum absolute atomic E-state index is 16.3. The third kappa shape index (κ3) is 6.87. The average molecular weight is 833 g/mol. The molecule has 2 N–H and O–H groups in total. The highest BCUT2D eigenvalue weighted by Gasteiger charge is 2.46. The number of hydrogen-bond acceptors (Lipinski definition) is 7. The maximum atomic E-state index is 16.3. The van der Waals surface area contributed by atoms with Crippen molar-refractivity contribution >= 4 is 46.0 Å². The lowest BCUT2D eigenvalue weighted by atomic mass is 9.68. The van der Waals surface area contributed by atoms with Crippen molar-refractivity contribution in [3.8, 4) is 0 Å². The van der Waals surface area contributed by atoms with E-state index in [0.29, 0.717) is 38.2 Å². The minimum absolute atomic E-state index is 0.0352. The van der Waals surface area contributed by atoms with Gasteiger partial charge in [0.15, 0.2) is 0 Å². The van der Waals surface area contributed by atoms with Crippen molar-refractivity contribution in [3.05, 3.63) is 111 Å². The summed E-state index contributed by atoms with van der Waals surface area (Å²) in [5.74, 6) is -2.52. The second-order valence-corrected chi connectivity index (χ2v) is 17.9. The number of fused-ring (bicyclic) bond motifs is 5. The fourth-order valence-corrected chi connectivity index (χ4v) is 11.0. The van der Waals surface area contributed by atoms with Gasteiger partial charge in [0, 0.05) is 60.8 Å². The number of rotatable bonds is 7. The van der Waals surface area contributed by atoms with Crippen LogP contribution in [0.25, 0.3) is 16.5 Å². The minimum atomic E-state index is -2.56. The van der Waals surface area contributed by atoms with Gasteiger partial charge in [-0.3, -0.25) is 44.0 Å². The van der Waals surface area contributed by atoms with Gasteiger partial charge in [-0.2, -0.15) is 0 Å². The van der Waals surface area contributed by atoms with E-state index in [9.17, 15) is 32.8 Å². The summed E-state index contributed by atoms with van der Waals surface area (Å²) in [7, 11) is 0. The van der Waals surface area contributed by atoms with Crippen LogP contribution in [0, 0.1) is 11.2 Å². The number of para-hydroxylation sites is 1. The number of nitrogens with zero attached hydrogens (tertiary/aromatic N) is 4. The van der Waals surface area contributed by atoms with Crippen molar-refractivity contribution in [3.63, 3.8) is 0 Å². The molecule has 2 saturated heterocycles. The number of imide groups is 2. The molecule has 1 unspecified atom stereocenters. The van der Waals surface area contributed by atoms with Crippen LogP contribution in [0.4, 0.5) is 13.2 Å². The largest absolute Gasteiger partial charge is 0.357 e. The van der Waals surface area contributed by atoms with Crippen LogP contribution >= 0.6 is 0 Å². The number of carbonyl (C=O) groups excluding carboxylic acids is 5. The standard InChI is InChI=1S/C47H47F3N6O5/c1-26-18-33-31-4-2-3-5-37(31)51-42(33)43(55(26)24-39(49)50)32-7-6-28(21-36(32)48)27-10-12-47(13-11-27)14-16-54(17-15-47)41(58)25-53-22-29-19-34-35(20-30(29)23-53)46(61)56(45(34)60)38-8-9-40(57)52-44(38)59/h2-7,10,19-21,26,38-39,43,51H,8-9,11-18,22-25H2,1H3,(H,52,57,59)/t26-,38?,43-/m1/s1. The zero-order valence-electron chi connectivity index (χ0n) is 33.9. The number of benzene rings is 3. The van der Waals surface area contributed by atoms with Crippen molar-refractivity contribution in [2.75, 3.05) is 26.2 Å². The molecule has 0 saturated carbocycles. The highest BCUT2D eigenvalue weighted by atomic mass is 19.3. The van der Waals surface area contributed by atoms with E-state index >= 15 is 4.39 Å². The summed E-state index contributed by atoms with van der Waals surface area (Å²) in [5.41, 5.74) is 7.31. The zero-order valence-corrected chi connectivity index (χ0v) is 33.9. The maximum Gasteiger partial charge on any atom is 0.262 e. The Kier molecular flexibility index (Phi) is 9.78. The van der Waals surface area contributed by atoms with Gasteiger partial charge in [-0.25, -0.2) is 13.2 Å². The number of aromatic nitrogens is 1. The summed E-state index contributed by atoms with van der Waals surface area (Å²) in [4.78, 5) is 74.4. The number of nitrogens with one attached hydrogen (secondary N) is 2. The Morgan fingerprint density at radius 2 is 1.64 bits per heavy atom. The second kappa shape index (κ2) is 15.1. The summed E-state index contributed by atoms with van der Waals surface area (Å²) < 4.78 is 44.2. The van der Waals surface area contributed by atoms with E-state index in [1.807, 2.05) is 47.1 Å². The van der Waals surface area contributed by atoms with Crippen LogP contribution in [-0.4, -0.2) is 98.8 Å². The van der Waals surface area contributed by atoms with Gasteiger partial charge in [0.1, 0.15) is 11.9 Å². The number of alkyl halides is 2. The Morgan fingerprint density at radius 1 is 0.918 bits per heavy atom. The van der Waals surface area contributed by atoms with Gasteiger partial charge >= 0.3 is 0 Å². The molecule has 6 heterocycles. The highest BCUT2D eigenvalue weighted by molar-refractivity contribution is 6.23. The number of halogens is 3. The summed E-state index contributed by atoms with van der Waals surface area (Å²) in [6.45, 7) is 3.90. The van der Waals surface area contributed by atoms with E-state index in [1.165, 1.54) is 0 Å². The fraction of sp³-hybridized carbons (Fsp3) is 0.426. The first-order valence-corrected chi connectivity index (χ1v) is 21.4. The molecule has 2 fully saturated rings. The summed E-state index contributed by atoms with van der Waals surface area (Å²) in [6, 6.07) is 14.7. The second-order valence-electron chi connectivity index (χ2n) is 17.9. The van der Waals surface area contributed by atoms with Crippen molar-refractivity contribution < 1.29 is 37.1 Å².